The van der Waals surface area contributed by atoms with Gasteiger partial charge in [0.25, 0.3) is 0 Å². The predicted octanol–water partition coefficient (Wildman–Crippen LogP) is 6.04. The molecule has 6 heteroatoms. The van der Waals surface area contributed by atoms with Gasteiger partial charge in [-0.3, -0.25) is 4.90 Å². The average molecular weight is 471 g/mol. The number of hydrogen-bond donors (Lipinski definition) is 2. The fraction of sp³-hybridized carbons (Fsp3) is 0.593. The molecule has 2 heterocycles. The van der Waals surface area contributed by atoms with Gasteiger partial charge in [0.2, 0.25) is 0 Å². The van der Waals surface area contributed by atoms with Crippen LogP contribution in [0, 0.1) is 5.41 Å². The molecule has 2 aliphatic rings. The van der Waals surface area contributed by atoms with Crippen LogP contribution in [-0.2, 0) is 5.54 Å². The molecule has 2 N–H and O–H groups in total. The smallest absolute Gasteiger partial charge is 0.407 e. The third-order valence-corrected chi connectivity index (χ3v) is 8.80. The summed E-state index contributed by atoms with van der Waals surface area (Å²) in [6, 6.07) is 10.8. The van der Waals surface area contributed by atoms with E-state index in [-0.39, 0.29) is 11.5 Å². The van der Waals surface area contributed by atoms with Gasteiger partial charge in [-0.05, 0) is 58.7 Å². The number of hydrogen-bond acceptors (Lipinski definition) is 4. The molecule has 180 valence electrons. The van der Waals surface area contributed by atoms with E-state index < -0.39 is 17.2 Å². The number of carboxylic acid groups (broad SMARTS) is 1. The summed E-state index contributed by atoms with van der Waals surface area (Å²) in [5.41, 5.74) is 1.90. The van der Waals surface area contributed by atoms with Crippen LogP contribution in [-0.4, -0.2) is 57.4 Å². The van der Waals surface area contributed by atoms with Gasteiger partial charge in [0, 0.05) is 25.7 Å². The van der Waals surface area contributed by atoms with E-state index in [2.05, 4.69) is 73.7 Å². The molecule has 2 fully saturated rings. The van der Waals surface area contributed by atoms with E-state index in [1.54, 1.807) is 11.3 Å². The Kier molecular flexibility index (Phi) is 6.64. The van der Waals surface area contributed by atoms with Gasteiger partial charge in [-0.25, -0.2) is 4.79 Å². The summed E-state index contributed by atoms with van der Waals surface area (Å²) in [5.74, 6) is 0. The van der Waals surface area contributed by atoms with Crippen molar-refractivity contribution in [3.05, 3.63) is 46.7 Å². The van der Waals surface area contributed by atoms with E-state index in [9.17, 15) is 15.0 Å². The Labute approximate surface area is 202 Å². The van der Waals surface area contributed by atoms with Gasteiger partial charge in [-0.2, -0.15) is 11.3 Å². The van der Waals surface area contributed by atoms with Crippen LogP contribution in [0.3, 0.4) is 0 Å². The molecule has 2 unspecified atom stereocenters. The minimum Gasteiger partial charge on any atom is -0.465 e. The first-order valence-electron chi connectivity index (χ1n) is 12.2. The number of carbonyl (C=O) groups is 1. The van der Waals surface area contributed by atoms with Crippen molar-refractivity contribution in [1.82, 2.24) is 9.80 Å². The summed E-state index contributed by atoms with van der Waals surface area (Å²) in [6.07, 6.45) is 3.88. The van der Waals surface area contributed by atoms with Crippen LogP contribution < -0.4 is 0 Å². The zero-order chi connectivity index (χ0) is 23.9. The van der Waals surface area contributed by atoms with Crippen molar-refractivity contribution in [3.8, 4) is 11.1 Å². The molecule has 0 bridgehead atoms. The molecule has 1 aromatic heterocycles. The molecule has 33 heavy (non-hydrogen) atoms. The molecule has 1 aliphatic carbocycles. The van der Waals surface area contributed by atoms with Crippen LogP contribution in [0.5, 0.6) is 0 Å². The summed E-state index contributed by atoms with van der Waals surface area (Å²) >= 11 is 1.69. The fourth-order valence-electron chi connectivity index (χ4n) is 5.97. The molecule has 1 amide bonds. The Morgan fingerprint density at radius 1 is 1.00 bits per heavy atom. The zero-order valence-corrected chi connectivity index (χ0v) is 21.2. The summed E-state index contributed by atoms with van der Waals surface area (Å²) < 4.78 is 0. The van der Waals surface area contributed by atoms with Crippen molar-refractivity contribution in [2.24, 2.45) is 5.41 Å². The average Bonchev–Trinajstić information content (AvgIpc) is 3.33. The normalized spacial score (nSPS) is 23.8. The number of thiophene rings is 1. The lowest BCUT2D eigenvalue weighted by Crippen LogP contribution is -2.70. The first-order valence-corrected chi connectivity index (χ1v) is 13.1. The van der Waals surface area contributed by atoms with Gasteiger partial charge in [0.1, 0.15) is 0 Å². The minimum atomic E-state index is -0.859. The van der Waals surface area contributed by atoms with Crippen molar-refractivity contribution in [3.63, 3.8) is 0 Å². The van der Waals surface area contributed by atoms with Crippen LogP contribution in [0.15, 0.2) is 41.1 Å². The second kappa shape index (κ2) is 9.05. The van der Waals surface area contributed by atoms with Crippen LogP contribution in [0.4, 0.5) is 4.79 Å². The maximum absolute atomic E-state index is 12.2. The molecule has 0 radical (unpaired) electrons. The standard InChI is InChI=1S/C27H38N2O3S/c1-25(2,3)23-18-28(24(30)31)15-16-29(23)26(4,27(32)13-6-5-7-14-27)22-10-8-20(9-11-22)21-12-17-33-19-21/h8-12,17,19,23,32H,5-7,13-16,18H2,1-4H3,(H,30,31). The lowest BCUT2D eigenvalue weighted by Gasteiger charge is -2.60. The zero-order valence-electron chi connectivity index (χ0n) is 20.4. The van der Waals surface area contributed by atoms with E-state index in [1.807, 2.05) is 0 Å². The topological polar surface area (TPSA) is 64.0 Å². The van der Waals surface area contributed by atoms with Gasteiger partial charge in [-0.15, -0.1) is 0 Å². The lowest BCUT2D eigenvalue weighted by atomic mass is 9.65. The van der Waals surface area contributed by atoms with Gasteiger partial charge in [0.05, 0.1) is 11.1 Å². The predicted molar refractivity (Wildman–Crippen MR) is 135 cm³/mol. The summed E-state index contributed by atoms with van der Waals surface area (Å²) in [7, 11) is 0. The molecule has 0 spiro atoms. The van der Waals surface area contributed by atoms with E-state index in [1.165, 1.54) is 16.0 Å². The van der Waals surface area contributed by atoms with Gasteiger partial charge >= 0.3 is 6.09 Å². The largest absolute Gasteiger partial charge is 0.465 e. The third-order valence-electron chi connectivity index (χ3n) is 8.11. The maximum atomic E-state index is 12.2. The van der Waals surface area contributed by atoms with Crippen LogP contribution in [0.25, 0.3) is 11.1 Å². The SMILES string of the molecule is CC(C)(C)C1CN(C(=O)O)CCN1C(C)(c1ccc(-c2ccsc2)cc1)C1(O)CCCCC1. The molecular weight excluding hydrogens is 432 g/mol. The molecular formula is C27H38N2O3S. The van der Waals surface area contributed by atoms with Crippen molar-refractivity contribution < 1.29 is 15.0 Å². The van der Waals surface area contributed by atoms with E-state index in [0.717, 1.165) is 37.7 Å². The molecule has 1 saturated carbocycles. The Morgan fingerprint density at radius 2 is 1.67 bits per heavy atom. The highest BCUT2D eigenvalue weighted by Gasteiger charge is 2.56. The Hall–Kier alpha value is -1.89. The van der Waals surface area contributed by atoms with Crippen molar-refractivity contribution in [2.45, 2.75) is 77.0 Å². The number of piperazine rings is 1. The Morgan fingerprint density at radius 3 is 2.21 bits per heavy atom. The number of benzene rings is 1. The van der Waals surface area contributed by atoms with Gasteiger partial charge < -0.3 is 15.1 Å². The maximum Gasteiger partial charge on any atom is 0.407 e. The first kappa shape index (κ1) is 24.2. The van der Waals surface area contributed by atoms with Crippen molar-refractivity contribution in [1.29, 1.82) is 0 Å². The fourth-order valence-corrected chi connectivity index (χ4v) is 6.64. The van der Waals surface area contributed by atoms with E-state index >= 15 is 0 Å². The monoisotopic (exact) mass is 470 g/mol. The summed E-state index contributed by atoms with van der Waals surface area (Å²) in [6.45, 7) is 10.3. The highest BCUT2D eigenvalue weighted by Crippen LogP contribution is 2.50. The van der Waals surface area contributed by atoms with Crippen LogP contribution in [0.2, 0.25) is 0 Å². The van der Waals surface area contributed by atoms with E-state index in [0.29, 0.717) is 19.6 Å². The minimum absolute atomic E-state index is 0.00477. The van der Waals surface area contributed by atoms with Gasteiger partial charge in [-0.1, -0.05) is 64.3 Å². The van der Waals surface area contributed by atoms with Gasteiger partial charge in [0.15, 0.2) is 0 Å². The van der Waals surface area contributed by atoms with Crippen LogP contribution >= 0.6 is 11.3 Å². The quantitative estimate of drug-likeness (QED) is 0.572. The highest BCUT2D eigenvalue weighted by molar-refractivity contribution is 7.08. The second-order valence-corrected chi connectivity index (χ2v) is 11.8. The Balaban J connectivity index is 1.80. The molecule has 5 nitrogen and oxygen atoms in total. The number of amides is 1. The molecule has 1 aliphatic heterocycles. The highest BCUT2D eigenvalue weighted by atomic mass is 32.1. The van der Waals surface area contributed by atoms with Crippen molar-refractivity contribution >= 4 is 17.4 Å². The lowest BCUT2D eigenvalue weighted by molar-refractivity contribution is -0.166. The Bertz CT molecular complexity index is 945. The third kappa shape index (κ3) is 4.45. The van der Waals surface area contributed by atoms with Crippen molar-refractivity contribution in [2.75, 3.05) is 19.6 Å². The molecule has 2 atom stereocenters. The first-order chi connectivity index (χ1) is 15.6. The van der Waals surface area contributed by atoms with Crippen LogP contribution in [0.1, 0.15) is 65.4 Å². The number of nitrogens with zero attached hydrogens (tertiary/aromatic N) is 2. The summed E-state index contributed by atoms with van der Waals surface area (Å²) in [5, 5.41) is 26.2. The molecule has 1 saturated heterocycles. The number of aliphatic hydroxyl groups is 1. The molecule has 4 rings (SSSR count). The molecule has 2 aromatic rings. The van der Waals surface area contributed by atoms with E-state index in [4.69, 9.17) is 0 Å². The number of rotatable bonds is 4. The summed E-state index contributed by atoms with van der Waals surface area (Å²) in [4.78, 5) is 15.8. The second-order valence-electron chi connectivity index (χ2n) is 11.1. The molecule has 1 aromatic carbocycles.